The highest BCUT2D eigenvalue weighted by molar-refractivity contribution is 7.99. The molecule has 0 unspecified atom stereocenters. The van der Waals surface area contributed by atoms with Gasteiger partial charge in [-0.2, -0.15) is 11.8 Å². The summed E-state index contributed by atoms with van der Waals surface area (Å²) in [4.78, 5) is 12.1. The number of hydrogen-bond acceptors (Lipinski definition) is 4. The van der Waals surface area contributed by atoms with Crippen molar-refractivity contribution in [2.45, 2.75) is 50.2 Å². The third-order valence-electron chi connectivity index (χ3n) is 4.60. The number of carbonyl (C=O) groups is 1. The molecule has 1 amide bonds. The van der Waals surface area contributed by atoms with E-state index in [1.165, 1.54) is 42.7 Å². The summed E-state index contributed by atoms with van der Waals surface area (Å²) in [6.07, 6.45) is 9.22. The van der Waals surface area contributed by atoms with Crippen molar-refractivity contribution >= 4 is 27.7 Å². The van der Waals surface area contributed by atoms with Crippen LogP contribution in [0.3, 0.4) is 0 Å². The first-order valence-electron chi connectivity index (χ1n) is 8.31. The van der Waals surface area contributed by atoms with Crippen LogP contribution in [0, 0.1) is 5.92 Å². The molecule has 0 bridgehead atoms. The standard InChI is InChI=1S/C15H28N2O3S2/c1-22(19,20)17-10-7-13(8-11-17)15(18)16-9-12-21-14-5-3-2-4-6-14/h13-14H,2-12H2,1H3,(H,16,18). The third kappa shape index (κ3) is 5.74. The largest absolute Gasteiger partial charge is 0.355 e. The third-order valence-corrected chi connectivity index (χ3v) is 7.29. The molecule has 1 aliphatic heterocycles. The van der Waals surface area contributed by atoms with E-state index < -0.39 is 10.0 Å². The van der Waals surface area contributed by atoms with Gasteiger partial charge in [-0.05, 0) is 25.7 Å². The van der Waals surface area contributed by atoms with E-state index in [1.807, 2.05) is 11.8 Å². The molecule has 7 heteroatoms. The Bertz CT molecular complexity index is 453. The molecule has 2 fully saturated rings. The monoisotopic (exact) mass is 348 g/mol. The van der Waals surface area contributed by atoms with Gasteiger partial charge in [0.1, 0.15) is 0 Å². The molecule has 2 rings (SSSR count). The molecule has 128 valence electrons. The number of nitrogens with one attached hydrogen (secondary N) is 1. The normalized spacial score (nSPS) is 22.6. The van der Waals surface area contributed by atoms with Crippen molar-refractivity contribution in [1.82, 2.24) is 9.62 Å². The van der Waals surface area contributed by atoms with Crippen molar-refractivity contribution in [3.05, 3.63) is 0 Å². The summed E-state index contributed by atoms with van der Waals surface area (Å²) in [5, 5.41) is 3.80. The molecule has 0 radical (unpaired) electrons. The molecule has 0 aromatic carbocycles. The number of thioether (sulfide) groups is 1. The Morgan fingerprint density at radius 2 is 1.77 bits per heavy atom. The van der Waals surface area contributed by atoms with E-state index in [4.69, 9.17) is 0 Å². The van der Waals surface area contributed by atoms with E-state index in [1.54, 1.807) is 0 Å². The second-order valence-corrected chi connectivity index (χ2v) is 9.75. The van der Waals surface area contributed by atoms with Crippen LogP contribution in [-0.2, 0) is 14.8 Å². The molecule has 0 aromatic heterocycles. The van der Waals surface area contributed by atoms with Crippen molar-refractivity contribution in [1.29, 1.82) is 0 Å². The lowest BCUT2D eigenvalue weighted by Gasteiger charge is -2.29. The van der Waals surface area contributed by atoms with Gasteiger partial charge in [-0.15, -0.1) is 0 Å². The number of rotatable bonds is 6. The van der Waals surface area contributed by atoms with Crippen molar-refractivity contribution in [2.24, 2.45) is 5.92 Å². The van der Waals surface area contributed by atoms with Gasteiger partial charge >= 0.3 is 0 Å². The van der Waals surface area contributed by atoms with E-state index in [-0.39, 0.29) is 11.8 Å². The number of nitrogens with zero attached hydrogens (tertiary/aromatic N) is 1. The van der Waals surface area contributed by atoms with Gasteiger partial charge in [0.15, 0.2) is 0 Å². The predicted molar refractivity (Wildman–Crippen MR) is 91.5 cm³/mol. The van der Waals surface area contributed by atoms with Gasteiger partial charge in [0.25, 0.3) is 0 Å². The molecule has 1 aliphatic carbocycles. The van der Waals surface area contributed by atoms with Crippen molar-refractivity contribution in [3.63, 3.8) is 0 Å². The Morgan fingerprint density at radius 1 is 1.14 bits per heavy atom. The fourth-order valence-electron chi connectivity index (χ4n) is 3.23. The highest BCUT2D eigenvalue weighted by Crippen LogP contribution is 2.27. The molecule has 1 saturated heterocycles. The summed E-state index contributed by atoms with van der Waals surface area (Å²) >= 11 is 1.99. The second kappa shape index (κ2) is 8.55. The van der Waals surface area contributed by atoms with Crippen LogP contribution in [0.25, 0.3) is 0 Å². The van der Waals surface area contributed by atoms with E-state index in [0.717, 1.165) is 17.5 Å². The minimum absolute atomic E-state index is 0.0299. The molecule has 1 saturated carbocycles. The van der Waals surface area contributed by atoms with Gasteiger partial charge in [-0.3, -0.25) is 4.79 Å². The van der Waals surface area contributed by atoms with Crippen molar-refractivity contribution in [2.75, 3.05) is 31.6 Å². The summed E-state index contributed by atoms with van der Waals surface area (Å²) in [6, 6.07) is 0. The quantitative estimate of drug-likeness (QED) is 0.744. The Morgan fingerprint density at radius 3 is 2.36 bits per heavy atom. The molecule has 2 aliphatic rings. The zero-order valence-electron chi connectivity index (χ0n) is 13.4. The summed E-state index contributed by atoms with van der Waals surface area (Å²) in [7, 11) is -3.11. The summed E-state index contributed by atoms with van der Waals surface area (Å²) in [5.74, 6) is 1.05. The van der Waals surface area contributed by atoms with Crippen molar-refractivity contribution in [3.8, 4) is 0 Å². The first-order valence-corrected chi connectivity index (χ1v) is 11.2. The lowest BCUT2D eigenvalue weighted by Crippen LogP contribution is -2.43. The highest BCUT2D eigenvalue weighted by Gasteiger charge is 2.28. The van der Waals surface area contributed by atoms with Gasteiger partial charge < -0.3 is 5.32 Å². The summed E-state index contributed by atoms with van der Waals surface area (Å²) < 4.78 is 24.4. The summed E-state index contributed by atoms with van der Waals surface area (Å²) in [5.41, 5.74) is 0. The van der Waals surface area contributed by atoms with Crippen LogP contribution in [0.2, 0.25) is 0 Å². The maximum absolute atomic E-state index is 12.1. The Kier molecular flexibility index (Phi) is 7.02. The van der Waals surface area contributed by atoms with E-state index in [2.05, 4.69) is 5.32 Å². The smallest absolute Gasteiger partial charge is 0.223 e. The van der Waals surface area contributed by atoms with Crippen LogP contribution in [0.1, 0.15) is 44.9 Å². The molecular weight excluding hydrogens is 320 g/mol. The van der Waals surface area contributed by atoms with Gasteiger partial charge in [0.2, 0.25) is 15.9 Å². The Labute approximate surface area is 138 Å². The number of hydrogen-bond donors (Lipinski definition) is 1. The topological polar surface area (TPSA) is 66.5 Å². The van der Waals surface area contributed by atoms with Gasteiger partial charge in [-0.1, -0.05) is 19.3 Å². The zero-order valence-corrected chi connectivity index (χ0v) is 15.1. The minimum Gasteiger partial charge on any atom is -0.355 e. The summed E-state index contributed by atoms with van der Waals surface area (Å²) in [6.45, 7) is 1.66. The van der Waals surface area contributed by atoms with Gasteiger partial charge in [0, 0.05) is 36.6 Å². The average molecular weight is 349 g/mol. The van der Waals surface area contributed by atoms with Crippen LogP contribution in [-0.4, -0.2) is 55.5 Å². The SMILES string of the molecule is CS(=O)(=O)N1CCC(C(=O)NCCSC2CCCCC2)CC1. The number of carbonyl (C=O) groups excluding carboxylic acids is 1. The fraction of sp³-hybridized carbons (Fsp3) is 0.933. The van der Waals surface area contributed by atoms with Crippen LogP contribution < -0.4 is 5.32 Å². The van der Waals surface area contributed by atoms with Crippen LogP contribution in [0.4, 0.5) is 0 Å². The molecule has 0 spiro atoms. The Balaban J connectivity index is 1.60. The maximum atomic E-state index is 12.1. The number of sulfonamides is 1. The molecule has 0 aromatic rings. The first-order chi connectivity index (χ1) is 10.5. The molecule has 22 heavy (non-hydrogen) atoms. The van der Waals surface area contributed by atoms with E-state index in [0.29, 0.717) is 25.9 Å². The van der Waals surface area contributed by atoms with Crippen LogP contribution in [0.5, 0.6) is 0 Å². The number of piperidine rings is 1. The Hall–Kier alpha value is -0.270. The molecule has 1 heterocycles. The fourth-order valence-corrected chi connectivity index (χ4v) is 5.32. The molecule has 0 atom stereocenters. The average Bonchev–Trinajstić information content (AvgIpc) is 2.52. The zero-order chi connectivity index (χ0) is 16.0. The molecule has 1 N–H and O–H groups in total. The lowest BCUT2D eigenvalue weighted by molar-refractivity contribution is -0.125. The molecule has 5 nitrogen and oxygen atoms in total. The van der Waals surface area contributed by atoms with Gasteiger partial charge in [0.05, 0.1) is 6.26 Å². The molecular formula is C15H28N2O3S2. The maximum Gasteiger partial charge on any atom is 0.223 e. The van der Waals surface area contributed by atoms with Crippen LogP contribution >= 0.6 is 11.8 Å². The first kappa shape index (κ1) is 18.1. The lowest BCUT2D eigenvalue weighted by atomic mass is 9.97. The number of amides is 1. The highest BCUT2D eigenvalue weighted by atomic mass is 32.2. The van der Waals surface area contributed by atoms with Crippen LogP contribution in [0.15, 0.2) is 0 Å². The predicted octanol–water partition coefficient (Wildman–Crippen LogP) is 1.84. The van der Waals surface area contributed by atoms with E-state index in [9.17, 15) is 13.2 Å². The second-order valence-electron chi connectivity index (χ2n) is 6.36. The van der Waals surface area contributed by atoms with Crippen molar-refractivity contribution < 1.29 is 13.2 Å². The van der Waals surface area contributed by atoms with E-state index >= 15 is 0 Å². The van der Waals surface area contributed by atoms with Gasteiger partial charge in [-0.25, -0.2) is 12.7 Å². The minimum atomic E-state index is -3.11.